The lowest BCUT2D eigenvalue weighted by Crippen LogP contribution is -2.42. The highest BCUT2D eigenvalue weighted by atomic mass is 32.2. The lowest BCUT2D eigenvalue weighted by atomic mass is 9.90. The van der Waals surface area contributed by atoms with Gasteiger partial charge in [0.05, 0.1) is 6.26 Å². The molecule has 2 amide bonds. The molecule has 0 bridgehead atoms. The number of urea groups is 1. The maximum Gasteiger partial charge on any atom is 0.321 e. The third kappa shape index (κ3) is 5.25. The van der Waals surface area contributed by atoms with Crippen molar-refractivity contribution < 1.29 is 17.6 Å². The molecular weight excluding hydrogens is 417 g/mol. The zero-order valence-electron chi connectivity index (χ0n) is 17.7. The average molecular weight is 446 g/mol. The van der Waals surface area contributed by atoms with E-state index in [9.17, 15) is 17.6 Å². The third-order valence-corrected chi connectivity index (χ3v) is 7.51. The number of amides is 2. The number of hydrogen-bond donors (Lipinski definition) is 1. The number of hydrogen-bond acceptors (Lipinski definition) is 3. The molecule has 2 heterocycles. The van der Waals surface area contributed by atoms with Crippen LogP contribution in [0, 0.1) is 11.7 Å². The zero-order chi connectivity index (χ0) is 22.0. The van der Waals surface area contributed by atoms with Gasteiger partial charge in [-0.15, -0.1) is 0 Å². The van der Waals surface area contributed by atoms with Crippen LogP contribution >= 0.6 is 0 Å². The van der Waals surface area contributed by atoms with Gasteiger partial charge in [-0.1, -0.05) is 24.3 Å². The molecule has 0 unspecified atom stereocenters. The maximum atomic E-state index is 13.4. The van der Waals surface area contributed by atoms with Gasteiger partial charge < -0.3 is 10.2 Å². The Kier molecular flexibility index (Phi) is 6.29. The van der Waals surface area contributed by atoms with E-state index < -0.39 is 10.0 Å². The summed E-state index contributed by atoms with van der Waals surface area (Å²) in [5, 5.41) is 3.03. The highest BCUT2D eigenvalue weighted by Crippen LogP contribution is 2.28. The Morgan fingerprint density at radius 1 is 1.13 bits per heavy atom. The van der Waals surface area contributed by atoms with Crippen LogP contribution in [0.5, 0.6) is 0 Å². The molecule has 2 aromatic carbocycles. The number of sulfonamides is 1. The van der Waals surface area contributed by atoms with Gasteiger partial charge in [-0.05, 0) is 66.5 Å². The number of halogens is 1. The molecule has 1 saturated heterocycles. The normalized spacial score (nSPS) is 17.9. The quantitative estimate of drug-likeness (QED) is 0.781. The Morgan fingerprint density at radius 2 is 1.87 bits per heavy atom. The first-order valence-electron chi connectivity index (χ1n) is 10.7. The summed E-state index contributed by atoms with van der Waals surface area (Å²) in [5.41, 5.74) is 3.71. The average Bonchev–Trinajstić information content (AvgIpc) is 2.73. The summed E-state index contributed by atoms with van der Waals surface area (Å²) in [6.45, 7) is 2.10. The van der Waals surface area contributed by atoms with Crippen LogP contribution in [0.2, 0.25) is 0 Å². The van der Waals surface area contributed by atoms with Gasteiger partial charge >= 0.3 is 6.03 Å². The second-order valence-electron chi connectivity index (χ2n) is 8.48. The molecule has 2 aliphatic rings. The SMILES string of the molecule is CS(=O)(=O)N1CCc2c(cccc2NC(=O)N2CCC(Cc3cccc(F)c3)CC2)C1. The topological polar surface area (TPSA) is 69.7 Å². The molecule has 1 fully saturated rings. The molecule has 8 heteroatoms. The Bertz CT molecular complexity index is 1070. The highest BCUT2D eigenvalue weighted by Gasteiger charge is 2.27. The smallest absolute Gasteiger partial charge is 0.321 e. The minimum Gasteiger partial charge on any atom is -0.325 e. The lowest BCUT2D eigenvalue weighted by molar-refractivity contribution is 0.182. The Balaban J connectivity index is 1.35. The molecule has 4 rings (SSSR count). The van der Waals surface area contributed by atoms with Crippen molar-refractivity contribution >= 4 is 21.7 Å². The number of carbonyl (C=O) groups is 1. The summed E-state index contributed by atoms with van der Waals surface area (Å²) in [6, 6.07) is 12.3. The largest absolute Gasteiger partial charge is 0.325 e. The van der Waals surface area contributed by atoms with Crippen molar-refractivity contribution in [3.05, 3.63) is 65.0 Å². The number of benzene rings is 2. The fourth-order valence-corrected chi connectivity index (χ4v) is 5.31. The number of nitrogens with zero attached hydrogens (tertiary/aromatic N) is 2. The number of likely N-dealkylation sites (tertiary alicyclic amines) is 1. The van der Waals surface area contributed by atoms with Gasteiger partial charge in [0.1, 0.15) is 5.82 Å². The van der Waals surface area contributed by atoms with E-state index >= 15 is 0 Å². The molecular formula is C23H28FN3O3S. The molecule has 6 nitrogen and oxygen atoms in total. The highest BCUT2D eigenvalue weighted by molar-refractivity contribution is 7.88. The van der Waals surface area contributed by atoms with Crippen molar-refractivity contribution in [2.24, 2.45) is 5.92 Å². The van der Waals surface area contributed by atoms with Crippen molar-refractivity contribution in [2.45, 2.75) is 32.2 Å². The molecule has 166 valence electrons. The van der Waals surface area contributed by atoms with Gasteiger partial charge in [-0.2, -0.15) is 4.31 Å². The van der Waals surface area contributed by atoms with Gasteiger partial charge in [-0.3, -0.25) is 0 Å². The predicted molar refractivity (Wildman–Crippen MR) is 119 cm³/mol. The van der Waals surface area contributed by atoms with E-state index in [2.05, 4.69) is 5.32 Å². The molecule has 0 aromatic heterocycles. The molecule has 0 saturated carbocycles. The van der Waals surface area contributed by atoms with Crippen molar-refractivity contribution in [1.82, 2.24) is 9.21 Å². The maximum absolute atomic E-state index is 13.4. The third-order valence-electron chi connectivity index (χ3n) is 6.26. The van der Waals surface area contributed by atoms with Gasteiger partial charge in [0.25, 0.3) is 0 Å². The summed E-state index contributed by atoms with van der Waals surface area (Å²) in [5.74, 6) is 0.234. The van der Waals surface area contributed by atoms with Crippen LogP contribution in [0.4, 0.5) is 14.9 Å². The van der Waals surface area contributed by atoms with Crippen LogP contribution in [-0.2, 0) is 29.4 Å². The first-order chi connectivity index (χ1) is 14.8. The Labute approximate surface area is 183 Å². The Morgan fingerprint density at radius 3 is 2.58 bits per heavy atom. The molecule has 2 aromatic rings. The van der Waals surface area contributed by atoms with E-state index in [-0.39, 0.29) is 11.8 Å². The minimum absolute atomic E-state index is 0.122. The summed E-state index contributed by atoms with van der Waals surface area (Å²) in [4.78, 5) is 14.7. The van der Waals surface area contributed by atoms with E-state index in [4.69, 9.17) is 0 Å². The summed E-state index contributed by atoms with van der Waals surface area (Å²) in [6.07, 6.45) is 4.41. The van der Waals surface area contributed by atoms with Crippen LogP contribution in [0.1, 0.15) is 29.5 Å². The van der Waals surface area contributed by atoms with E-state index in [1.54, 1.807) is 12.1 Å². The number of nitrogens with one attached hydrogen (secondary N) is 1. The van der Waals surface area contributed by atoms with Crippen LogP contribution in [0.15, 0.2) is 42.5 Å². The van der Waals surface area contributed by atoms with Crippen LogP contribution in [-0.4, -0.2) is 49.5 Å². The fourth-order valence-electron chi connectivity index (χ4n) is 4.52. The van der Waals surface area contributed by atoms with Gasteiger partial charge in [-0.25, -0.2) is 17.6 Å². The Hall–Kier alpha value is -2.45. The van der Waals surface area contributed by atoms with Crippen molar-refractivity contribution in [3.63, 3.8) is 0 Å². The van der Waals surface area contributed by atoms with Crippen LogP contribution in [0.3, 0.4) is 0 Å². The predicted octanol–water partition coefficient (Wildman–Crippen LogP) is 3.63. The molecule has 0 radical (unpaired) electrons. The summed E-state index contributed by atoms with van der Waals surface area (Å²) in [7, 11) is -3.24. The zero-order valence-corrected chi connectivity index (χ0v) is 18.5. The molecule has 1 N–H and O–H groups in total. The first kappa shape index (κ1) is 21.8. The molecule has 31 heavy (non-hydrogen) atoms. The summed E-state index contributed by atoms with van der Waals surface area (Å²) >= 11 is 0. The van der Waals surface area contributed by atoms with Crippen LogP contribution in [0.25, 0.3) is 0 Å². The first-order valence-corrected chi connectivity index (χ1v) is 12.5. The number of fused-ring (bicyclic) bond motifs is 1. The number of anilines is 1. The number of piperidine rings is 1. The molecule has 0 spiro atoms. The van der Waals surface area contributed by atoms with E-state index in [1.165, 1.54) is 16.6 Å². The second-order valence-corrected chi connectivity index (χ2v) is 10.5. The van der Waals surface area contributed by atoms with Crippen molar-refractivity contribution in [1.29, 1.82) is 0 Å². The van der Waals surface area contributed by atoms with Gasteiger partial charge in [0.15, 0.2) is 0 Å². The monoisotopic (exact) mass is 445 g/mol. The number of carbonyl (C=O) groups excluding carboxylic acids is 1. The van der Waals surface area contributed by atoms with Gasteiger partial charge in [0, 0.05) is 31.9 Å². The fraction of sp³-hybridized carbons (Fsp3) is 0.435. The summed E-state index contributed by atoms with van der Waals surface area (Å²) < 4.78 is 38.6. The van der Waals surface area contributed by atoms with E-state index in [0.717, 1.165) is 41.6 Å². The molecule has 0 atom stereocenters. The van der Waals surface area contributed by atoms with Crippen molar-refractivity contribution in [2.75, 3.05) is 31.2 Å². The number of rotatable bonds is 4. The molecule has 2 aliphatic heterocycles. The molecule has 0 aliphatic carbocycles. The second kappa shape index (κ2) is 8.96. The minimum atomic E-state index is -3.24. The van der Waals surface area contributed by atoms with Crippen molar-refractivity contribution in [3.8, 4) is 0 Å². The van der Waals surface area contributed by atoms with Gasteiger partial charge in [0.2, 0.25) is 10.0 Å². The van der Waals surface area contributed by atoms with Crippen LogP contribution < -0.4 is 5.32 Å². The van der Waals surface area contributed by atoms with E-state index in [0.29, 0.717) is 38.5 Å². The lowest BCUT2D eigenvalue weighted by Gasteiger charge is -2.33. The van der Waals surface area contributed by atoms with E-state index in [1.807, 2.05) is 29.2 Å². The standard InChI is InChI=1S/C23H28FN3O3S/c1-31(29,30)27-13-10-21-19(16-27)5-3-7-22(21)25-23(28)26-11-8-17(9-12-26)14-18-4-2-6-20(24)15-18/h2-7,15,17H,8-14,16H2,1H3,(H,25,28).